The van der Waals surface area contributed by atoms with Gasteiger partial charge in [-0.2, -0.15) is 13.2 Å². The zero-order chi connectivity index (χ0) is 27.7. The first-order valence-electron chi connectivity index (χ1n) is 11.0. The zero-order valence-corrected chi connectivity index (χ0v) is 20.0. The Morgan fingerprint density at radius 3 is 2.11 bits per heavy atom. The Labute approximate surface area is 215 Å². The van der Waals surface area contributed by atoms with E-state index in [9.17, 15) is 18.0 Å². The number of methoxy groups -OCH3 is 1. The summed E-state index contributed by atoms with van der Waals surface area (Å²) < 4.78 is 43.2. The maximum atomic E-state index is 12.1. The van der Waals surface area contributed by atoms with Gasteiger partial charge in [0.1, 0.15) is 17.2 Å². The number of anilines is 2. The van der Waals surface area contributed by atoms with Crippen molar-refractivity contribution in [2.45, 2.75) is 12.7 Å². The molecule has 0 aliphatic carbocycles. The van der Waals surface area contributed by atoms with Gasteiger partial charge in [0, 0.05) is 41.1 Å². The Morgan fingerprint density at radius 2 is 1.55 bits per heavy atom. The molecule has 0 saturated carbocycles. The largest absolute Gasteiger partial charge is 0.496 e. The molecule has 0 atom stereocenters. The van der Waals surface area contributed by atoms with Gasteiger partial charge in [0.2, 0.25) is 0 Å². The average molecular weight is 528 g/mol. The number of amides is 2. The van der Waals surface area contributed by atoms with Crippen LogP contribution in [0.4, 0.5) is 29.3 Å². The molecule has 0 spiro atoms. The number of aliphatic carboxylic acids is 1. The number of carboxylic acids is 1. The lowest BCUT2D eigenvalue weighted by Crippen LogP contribution is -2.21. The lowest BCUT2D eigenvalue weighted by Gasteiger charge is -2.13. The van der Waals surface area contributed by atoms with Gasteiger partial charge in [-0.05, 0) is 48.5 Å². The number of pyridine rings is 1. The van der Waals surface area contributed by atoms with Crippen LogP contribution in [0.25, 0.3) is 10.9 Å². The molecular formula is C26H23F3N4O5. The van der Waals surface area contributed by atoms with Gasteiger partial charge < -0.3 is 30.9 Å². The molecule has 0 radical (unpaired) electrons. The lowest BCUT2D eigenvalue weighted by atomic mass is 10.1. The summed E-state index contributed by atoms with van der Waals surface area (Å²) in [6.45, 7) is 0.346. The summed E-state index contributed by atoms with van der Waals surface area (Å²) in [5, 5.41) is 13.5. The number of rotatable bonds is 6. The van der Waals surface area contributed by atoms with Gasteiger partial charge in [-0.3, -0.25) is 4.98 Å². The van der Waals surface area contributed by atoms with Crippen molar-refractivity contribution >= 4 is 34.3 Å². The number of aromatic nitrogens is 1. The van der Waals surface area contributed by atoms with Gasteiger partial charge in [-0.1, -0.05) is 18.2 Å². The number of carbonyl (C=O) groups is 2. The number of carboxylic acid groups (broad SMARTS) is 1. The number of para-hydroxylation sites is 1. The predicted octanol–water partition coefficient (Wildman–Crippen LogP) is 5.77. The maximum absolute atomic E-state index is 12.1. The van der Waals surface area contributed by atoms with Crippen LogP contribution in [0.1, 0.15) is 5.56 Å². The minimum Gasteiger partial charge on any atom is -0.496 e. The minimum atomic E-state index is -5.08. The highest BCUT2D eigenvalue weighted by Gasteiger charge is 2.38. The van der Waals surface area contributed by atoms with E-state index in [0.29, 0.717) is 29.5 Å². The second-order valence-corrected chi connectivity index (χ2v) is 7.57. The number of nitrogens with one attached hydrogen (secondary N) is 2. The van der Waals surface area contributed by atoms with Crippen LogP contribution < -0.4 is 25.8 Å². The summed E-state index contributed by atoms with van der Waals surface area (Å²) in [5.74, 6) is -0.770. The van der Waals surface area contributed by atoms with Gasteiger partial charge in [-0.25, -0.2) is 9.59 Å². The van der Waals surface area contributed by atoms with Gasteiger partial charge in [0.15, 0.2) is 0 Å². The van der Waals surface area contributed by atoms with Gasteiger partial charge in [0.25, 0.3) is 0 Å². The molecule has 4 rings (SSSR count). The topological polar surface area (TPSA) is 136 Å². The number of nitrogens with two attached hydrogens (primary N) is 1. The van der Waals surface area contributed by atoms with Crippen molar-refractivity contribution in [3.8, 4) is 17.2 Å². The predicted molar refractivity (Wildman–Crippen MR) is 135 cm³/mol. The van der Waals surface area contributed by atoms with Gasteiger partial charge in [0.05, 0.1) is 12.6 Å². The molecule has 0 fully saturated rings. The highest BCUT2D eigenvalue weighted by atomic mass is 19.4. The Balaban J connectivity index is 0.000000505. The van der Waals surface area contributed by atoms with Crippen molar-refractivity contribution in [3.05, 3.63) is 84.6 Å². The summed E-state index contributed by atoms with van der Waals surface area (Å²) in [6.07, 6.45) is -3.40. The first-order valence-corrected chi connectivity index (χ1v) is 11.0. The maximum Gasteiger partial charge on any atom is 0.490 e. The van der Waals surface area contributed by atoms with Gasteiger partial charge in [-0.15, -0.1) is 0 Å². The van der Waals surface area contributed by atoms with E-state index in [1.54, 1.807) is 43.6 Å². The summed E-state index contributed by atoms with van der Waals surface area (Å²) in [6, 6.07) is 21.6. The highest BCUT2D eigenvalue weighted by molar-refractivity contribution is 5.99. The number of halogens is 3. The molecule has 38 heavy (non-hydrogen) atoms. The summed E-state index contributed by atoms with van der Waals surface area (Å²) in [7, 11) is 1.61. The van der Waals surface area contributed by atoms with E-state index >= 15 is 0 Å². The van der Waals surface area contributed by atoms with Crippen LogP contribution in [0, 0.1) is 0 Å². The van der Waals surface area contributed by atoms with Crippen molar-refractivity contribution < 1.29 is 37.3 Å². The number of nitrogens with zero attached hydrogens (tertiary/aromatic N) is 1. The molecule has 198 valence electrons. The molecule has 12 heteroatoms. The quantitative estimate of drug-likeness (QED) is 0.249. The molecule has 5 N–H and O–H groups in total. The minimum absolute atomic E-state index is 0.316. The molecule has 1 aromatic heterocycles. The summed E-state index contributed by atoms with van der Waals surface area (Å²) >= 11 is 0. The van der Waals surface area contributed by atoms with E-state index in [1.807, 2.05) is 42.5 Å². The SMILES string of the molecule is COc1cc2nccc(Oc3ccc(NC(=O)Nc4ccccc4)cc3)c2cc1CN.O=C(O)C(F)(F)F. The molecule has 0 aliphatic rings. The molecule has 0 aliphatic heterocycles. The second kappa shape index (κ2) is 12.4. The van der Waals surface area contributed by atoms with Crippen LogP contribution >= 0.6 is 0 Å². The first kappa shape index (κ1) is 27.7. The van der Waals surface area contributed by atoms with Crippen LogP contribution in [0.3, 0.4) is 0 Å². The number of hydrogen-bond donors (Lipinski definition) is 4. The van der Waals surface area contributed by atoms with E-state index in [2.05, 4.69) is 15.6 Å². The fourth-order valence-corrected chi connectivity index (χ4v) is 3.18. The number of urea groups is 1. The van der Waals surface area contributed by atoms with Gasteiger partial charge >= 0.3 is 18.2 Å². The third-order valence-corrected chi connectivity index (χ3v) is 4.94. The first-order chi connectivity index (χ1) is 18.1. The standard InChI is InChI=1S/C24H22N4O3.C2HF3O2/c1-30-23-14-21-20(13-16(23)15-25)22(11-12-26-21)31-19-9-7-18(8-10-19)28-24(29)27-17-5-3-2-4-6-17;3-2(4,5)1(6)7/h2-14H,15,25H2,1H3,(H2,27,28,29);(H,6,7). The lowest BCUT2D eigenvalue weighted by molar-refractivity contribution is -0.192. The summed E-state index contributed by atoms with van der Waals surface area (Å²) in [4.78, 5) is 25.4. The Bertz CT molecular complexity index is 1400. The van der Waals surface area contributed by atoms with E-state index in [0.717, 1.165) is 22.2 Å². The van der Waals surface area contributed by atoms with Crippen LogP contribution in [-0.2, 0) is 11.3 Å². The molecule has 0 unspecified atom stereocenters. The van der Waals surface area contributed by atoms with Crippen molar-refractivity contribution in [1.29, 1.82) is 0 Å². The number of carbonyl (C=O) groups excluding carboxylic acids is 1. The number of ether oxygens (including phenoxy) is 2. The number of alkyl halides is 3. The Morgan fingerprint density at radius 1 is 0.947 bits per heavy atom. The molecule has 4 aromatic rings. The normalized spacial score (nSPS) is 10.7. The number of fused-ring (bicyclic) bond motifs is 1. The molecule has 1 heterocycles. The summed E-state index contributed by atoms with van der Waals surface area (Å²) in [5.41, 5.74) is 8.84. The van der Waals surface area contributed by atoms with Crippen LogP contribution in [0.2, 0.25) is 0 Å². The molecule has 0 bridgehead atoms. The van der Waals surface area contributed by atoms with E-state index < -0.39 is 12.1 Å². The van der Waals surface area contributed by atoms with E-state index in [4.69, 9.17) is 25.1 Å². The molecule has 9 nitrogen and oxygen atoms in total. The number of hydrogen-bond acceptors (Lipinski definition) is 6. The fourth-order valence-electron chi connectivity index (χ4n) is 3.18. The molecule has 3 aromatic carbocycles. The van der Waals surface area contributed by atoms with Crippen molar-refractivity contribution in [3.63, 3.8) is 0 Å². The average Bonchev–Trinajstić information content (AvgIpc) is 2.89. The van der Waals surface area contributed by atoms with Crippen LogP contribution in [-0.4, -0.2) is 35.4 Å². The second-order valence-electron chi connectivity index (χ2n) is 7.57. The van der Waals surface area contributed by atoms with Crippen LogP contribution in [0.15, 0.2) is 79.0 Å². The fraction of sp³-hybridized carbons (Fsp3) is 0.115. The molecule has 2 amide bonds. The Hall–Kier alpha value is -4.84. The van der Waals surface area contributed by atoms with E-state index in [-0.39, 0.29) is 6.03 Å². The third-order valence-electron chi connectivity index (χ3n) is 4.94. The van der Waals surface area contributed by atoms with Crippen LogP contribution in [0.5, 0.6) is 17.2 Å². The van der Waals surface area contributed by atoms with E-state index in [1.165, 1.54) is 0 Å². The monoisotopic (exact) mass is 528 g/mol. The third kappa shape index (κ3) is 7.58. The molecule has 0 saturated heterocycles. The van der Waals surface area contributed by atoms with Crippen molar-refractivity contribution in [1.82, 2.24) is 4.98 Å². The highest BCUT2D eigenvalue weighted by Crippen LogP contribution is 2.33. The molecular weight excluding hydrogens is 505 g/mol. The Kier molecular flexibility index (Phi) is 9.06. The zero-order valence-electron chi connectivity index (χ0n) is 20.0. The van der Waals surface area contributed by atoms with Crippen molar-refractivity contribution in [2.75, 3.05) is 17.7 Å². The van der Waals surface area contributed by atoms with Crippen molar-refractivity contribution in [2.24, 2.45) is 5.73 Å². The smallest absolute Gasteiger partial charge is 0.490 e. The number of benzene rings is 3.